The Morgan fingerprint density at radius 3 is 2.73 bits per heavy atom. The molecule has 0 unspecified atom stereocenters. The molecule has 0 spiro atoms. The van der Waals surface area contributed by atoms with E-state index in [2.05, 4.69) is 39.9 Å². The number of benzene rings is 1. The maximum absolute atomic E-state index is 12.5. The minimum atomic E-state index is -2.85. The van der Waals surface area contributed by atoms with Crippen molar-refractivity contribution in [1.29, 1.82) is 0 Å². The summed E-state index contributed by atoms with van der Waals surface area (Å²) in [4.78, 5) is 14.8. The zero-order valence-corrected chi connectivity index (χ0v) is 16.3. The second-order valence-electron chi connectivity index (χ2n) is 7.38. The number of amides is 1. The number of hydrogen-bond acceptors (Lipinski definition) is 5. The van der Waals surface area contributed by atoms with Crippen molar-refractivity contribution in [2.75, 3.05) is 24.6 Å². The number of sulfone groups is 1. The highest BCUT2D eigenvalue weighted by Gasteiger charge is 2.35. The molecule has 2 aliphatic rings. The van der Waals surface area contributed by atoms with Gasteiger partial charge in [0.15, 0.2) is 9.84 Å². The van der Waals surface area contributed by atoms with Crippen LogP contribution in [0.4, 0.5) is 0 Å². The predicted octanol–water partition coefficient (Wildman–Crippen LogP) is 2.42. The highest BCUT2D eigenvalue weighted by Crippen LogP contribution is 2.25. The van der Waals surface area contributed by atoms with E-state index in [-0.39, 0.29) is 23.6 Å². The van der Waals surface area contributed by atoms with Gasteiger partial charge in [-0.3, -0.25) is 9.69 Å². The fourth-order valence-corrected chi connectivity index (χ4v) is 6.58. The van der Waals surface area contributed by atoms with Crippen LogP contribution in [-0.4, -0.2) is 49.9 Å². The summed E-state index contributed by atoms with van der Waals surface area (Å²) in [6.45, 7) is 2.20. The Bertz CT molecular complexity index is 898. The molecule has 0 saturated carbocycles. The molecule has 7 heteroatoms. The first kappa shape index (κ1) is 17.9. The first-order chi connectivity index (χ1) is 12.5. The number of nitrogens with one attached hydrogen (secondary N) is 1. The van der Waals surface area contributed by atoms with Crippen molar-refractivity contribution in [3.05, 3.63) is 35.2 Å². The summed E-state index contributed by atoms with van der Waals surface area (Å²) in [5.41, 5.74) is 1.12. The molecule has 26 heavy (non-hydrogen) atoms. The number of nitrogens with zero attached hydrogens (tertiary/aromatic N) is 1. The topological polar surface area (TPSA) is 66.5 Å². The first-order valence-corrected chi connectivity index (χ1v) is 11.9. The average Bonchev–Trinajstić information content (AvgIpc) is 3.25. The highest BCUT2D eigenvalue weighted by atomic mass is 32.2. The number of carbonyl (C=O) groups excluding carboxylic acids is 1. The van der Waals surface area contributed by atoms with Gasteiger partial charge in [0.1, 0.15) is 0 Å². The van der Waals surface area contributed by atoms with Crippen molar-refractivity contribution in [2.45, 2.75) is 31.8 Å². The van der Waals surface area contributed by atoms with Crippen LogP contribution in [-0.2, 0) is 21.2 Å². The van der Waals surface area contributed by atoms with E-state index in [1.807, 2.05) is 0 Å². The summed E-state index contributed by atoms with van der Waals surface area (Å²) in [6, 6.07) is 8.57. The van der Waals surface area contributed by atoms with Crippen molar-refractivity contribution in [1.82, 2.24) is 10.2 Å². The molecule has 0 aliphatic carbocycles. The minimum absolute atomic E-state index is 0.0362. The lowest BCUT2D eigenvalue weighted by atomic mass is 9.94. The summed E-state index contributed by atoms with van der Waals surface area (Å²) >= 11 is 1.72. The van der Waals surface area contributed by atoms with Crippen LogP contribution in [0.2, 0.25) is 0 Å². The second-order valence-corrected chi connectivity index (χ2v) is 10.6. The standard InChI is InChI=1S/C19H24N2O3S2/c22-19(20-12-14-1-2-18-16(11-14)5-9-25-18)15-3-7-21(8-4-15)17-6-10-26(23,24)13-17/h1-2,5,9,11,15,17H,3-4,6-8,10,12-13H2,(H,20,22)/t17-/m0/s1. The van der Waals surface area contributed by atoms with Crippen molar-refractivity contribution in [3.8, 4) is 0 Å². The van der Waals surface area contributed by atoms with Crippen LogP contribution in [0.3, 0.4) is 0 Å². The molecule has 1 amide bonds. The molecule has 2 fully saturated rings. The van der Waals surface area contributed by atoms with Crippen LogP contribution < -0.4 is 5.32 Å². The van der Waals surface area contributed by atoms with Gasteiger partial charge >= 0.3 is 0 Å². The number of fused-ring (bicyclic) bond motifs is 1. The van der Waals surface area contributed by atoms with Gasteiger partial charge in [-0.15, -0.1) is 11.3 Å². The third-order valence-electron chi connectivity index (χ3n) is 5.61. The van der Waals surface area contributed by atoms with E-state index in [0.717, 1.165) is 37.9 Å². The average molecular weight is 393 g/mol. The lowest BCUT2D eigenvalue weighted by Gasteiger charge is -2.34. The van der Waals surface area contributed by atoms with Crippen LogP contribution >= 0.6 is 11.3 Å². The molecule has 4 rings (SSSR count). The Balaban J connectivity index is 1.27. The summed E-state index contributed by atoms with van der Waals surface area (Å²) in [5, 5.41) is 6.38. The third kappa shape index (κ3) is 3.94. The molecule has 1 aromatic carbocycles. The molecule has 0 radical (unpaired) electrons. The van der Waals surface area contributed by atoms with Crippen molar-refractivity contribution >= 4 is 37.2 Å². The van der Waals surface area contributed by atoms with Crippen LogP contribution in [0.15, 0.2) is 29.6 Å². The number of likely N-dealkylation sites (tertiary alicyclic amines) is 1. The van der Waals surface area contributed by atoms with E-state index in [1.165, 1.54) is 10.1 Å². The number of piperidine rings is 1. The first-order valence-electron chi connectivity index (χ1n) is 9.18. The Morgan fingerprint density at radius 2 is 2.00 bits per heavy atom. The van der Waals surface area contributed by atoms with Gasteiger partial charge in [0.25, 0.3) is 0 Å². The maximum Gasteiger partial charge on any atom is 0.223 e. The monoisotopic (exact) mass is 392 g/mol. The molecule has 2 saturated heterocycles. The summed E-state index contributed by atoms with van der Waals surface area (Å²) in [7, 11) is -2.85. The number of carbonyl (C=O) groups is 1. The summed E-state index contributed by atoms with van der Waals surface area (Å²) < 4.78 is 24.6. The quantitative estimate of drug-likeness (QED) is 0.868. The lowest BCUT2D eigenvalue weighted by molar-refractivity contribution is -0.126. The van der Waals surface area contributed by atoms with E-state index in [4.69, 9.17) is 0 Å². The second kappa shape index (κ2) is 7.29. The van der Waals surface area contributed by atoms with Gasteiger partial charge in [0, 0.05) is 23.2 Å². The molecule has 0 bridgehead atoms. The van der Waals surface area contributed by atoms with E-state index in [9.17, 15) is 13.2 Å². The van der Waals surface area contributed by atoms with Crippen LogP contribution in [0.1, 0.15) is 24.8 Å². The van der Waals surface area contributed by atoms with Crippen molar-refractivity contribution in [3.63, 3.8) is 0 Å². The molecule has 140 valence electrons. The highest BCUT2D eigenvalue weighted by molar-refractivity contribution is 7.91. The molecular formula is C19H24N2O3S2. The Kier molecular flexibility index (Phi) is 5.03. The Morgan fingerprint density at radius 1 is 1.19 bits per heavy atom. The molecule has 1 atom stereocenters. The zero-order valence-electron chi connectivity index (χ0n) is 14.7. The molecule has 1 N–H and O–H groups in total. The number of hydrogen-bond donors (Lipinski definition) is 1. The smallest absolute Gasteiger partial charge is 0.223 e. The molecular weight excluding hydrogens is 368 g/mol. The van der Waals surface area contributed by atoms with Gasteiger partial charge in [-0.1, -0.05) is 6.07 Å². The van der Waals surface area contributed by atoms with Gasteiger partial charge in [-0.2, -0.15) is 0 Å². The molecule has 3 heterocycles. The van der Waals surface area contributed by atoms with E-state index >= 15 is 0 Å². The van der Waals surface area contributed by atoms with Crippen LogP contribution in [0, 0.1) is 5.92 Å². The van der Waals surface area contributed by atoms with Crippen LogP contribution in [0.5, 0.6) is 0 Å². The van der Waals surface area contributed by atoms with Gasteiger partial charge in [0.2, 0.25) is 5.91 Å². The predicted molar refractivity (Wildman–Crippen MR) is 105 cm³/mol. The van der Waals surface area contributed by atoms with Gasteiger partial charge < -0.3 is 5.32 Å². The summed E-state index contributed by atoms with van der Waals surface area (Å²) in [6.07, 6.45) is 2.36. The fraction of sp³-hybridized carbons (Fsp3) is 0.526. The van der Waals surface area contributed by atoms with Crippen LogP contribution in [0.25, 0.3) is 10.1 Å². The fourth-order valence-electron chi connectivity index (χ4n) is 4.05. The van der Waals surface area contributed by atoms with E-state index in [1.54, 1.807) is 11.3 Å². The van der Waals surface area contributed by atoms with Gasteiger partial charge in [0.05, 0.1) is 11.5 Å². The van der Waals surface area contributed by atoms with Crippen molar-refractivity contribution in [2.24, 2.45) is 5.92 Å². The normalized spacial score (nSPS) is 24.1. The third-order valence-corrected chi connectivity index (χ3v) is 8.26. The Labute approximate surface area is 158 Å². The summed E-state index contributed by atoms with van der Waals surface area (Å²) in [5.74, 6) is 0.754. The SMILES string of the molecule is O=C(NCc1ccc2sccc2c1)C1CCN([C@H]2CCS(=O)(=O)C2)CC1. The van der Waals surface area contributed by atoms with Gasteiger partial charge in [-0.05, 0) is 66.9 Å². The molecule has 1 aromatic heterocycles. The molecule has 5 nitrogen and oxygen atoms in total. The Hall–Kier alpha value is -1.44. The zero-order chi connectivity index (χ0) is 18.1. The largest absolute Gasteiger partial charge is 0.352 e. The molecule has 2 aromatic rings. The van der Waals surface area contributed by atoms with Gasteiger partial charge in [-0.25, -0.2) is 8.42 Å². The number of rotatable bonds is 4. The molecule has 2 aliphatic heterocycles. The lowest BCUT2D eigenvalue weighted by Crippen LogP contribution is -2.45. The van der Waals surface area contributed by atoms with E-state index in [0.29, 0.717) is 12.3 Å². The van der Waals surface area contributed by atoms with E-state index < -0.39 is 9.84 Å². The number of thiophene rings is 1. The maximum atomic E-state index is 12.5. The van der Waals surface area contributed by atoms with Crippen molar-refractivity contribution < 1.29 is 13.2 Å². The minimum Gasteiger partial charge on any atom is -0.352 e.